The first kappa shape index (κ1) is 13.9. The van der Waals surface area contributed by atoms with Crippen LogP contribution < -0.4 is 10.5 Å². The van der Waals surface area contributed by atoms with Crippen molar-refractivity contribution in [3.8, 4) is 0 Å². The third kappa shape index (κ3) is 4.33. The molecule has 8 heteroatoms. The van der Waals surface area contributed by atoms with Gasteiger partial charge in [-0.2, -0.15) is 0 Å². The van der Waals surface area contributed by atoms with E-state index >= 15 is 0 Å². The molecule has 1 aromatic heterocycles. The van der Waals surface area contributed by atoms with Crippen LogP contribution in [0, 0.1) is 0 Å². The Labute approximate surface area is 105 Å². The second-order valence-electron chi connectivity index (χ2n) is 3.46. The van der Waals surface area contributed by atoms with Crippen molar-refractivity contribution in [3.63, 3.8) is 0 Å². The molecular weight excluding hydrogens is 260 g/mol. The van der Waals surface area contributed by atoms with Crippen molar-refractivity contribution in [2.45, 2.75) is 4.21 Å². The molecule has 0 amide bonds. The molecule has 0 aliphatic carbocycles. The molecule has 17 heavy (non-hydrogen) atoms. The normalized spacial score (nSPS) is 12.7. The van der Waals surface area contributed by atoms with Gasteiger partial charge in [0.25, 0.3) is 0 Å². The number of sulfonamides is 1. The Kier molecular flexibility index (Phi) is 4.91. The van der Waals surface area contributed by atoms with Gasteiger partial charge in [-0.05, 0) is 11.4 Å². The fraction of sp³-hybridized carbons (Fsp3) is 0.444. The quantitative estimate of drug-likeness (QED) is 0.447. The minimum atomic E-state index is -3.39. The summed E-state index contributed by atoms with van der Waals surface area (Å²) in [5.41, 5.74) is 5.56. The molecule has 0 aliphatic rings. The molecule has 3 N–H and O–H groups in total. The van der Waals surface area contributed by atoms with E-state index < -0.39 is 10.0 Å². The Hall–Kier alpha value is -1.12. The van der Waals surface area contributed by atoms with Gasteiger partial charge in [0, 0.05) is 20.6 Å². The predicted molar refractivity (Wildman–Crippen MR) is 69.7 cm³/mol. The Balaban J connectivity index is 2.45. The van der Waals surface area contributed by atoms with Crippen LogP contribution in [0.15, 0.2) is 26.7 Å². The van der Waals surface area contributed by atoms with E-state index in [2.05, 4.69) is 9.71 Å². The van der Waals surface area contributed by atoms with Crippen LogP contribution in [0.4, 0.5) is 0 Å². The molecule has 1 heterocycles. The van der Waals surface area contributed by atoms with Crippen LogP contribution in [0.3, 0.4) is 0 Å². The maximum Gasteiger partial charge on any atom is 0.250 e. The second-order valence-corrected chi connectivity index (χ2v) is 6.41. The summed E-state index contributed by atoms with van der Waals surface area (Å²) in [6.45, 7) is 0.545. The van der Waals surface area contributed by atoms with Gasteiger partial charge >= 0.3 is 0 Å². The number of hydrogen-bond acceptors (Lipinski definition) is 4. The van der Waals surface area contributed by atoms with Crippen LogP contribution in [-0.2, 0) is 10.0 Å². The summed E-state index contributed by atoms with van der Waals surface area (Å²) in [7, 11) is 0.155. The second kappa shape index (κ2) is 5.99. The molecule has 0 aromatic carbocycles. The lowest BCUT2D eigenvalue weighted by Crippen LogP contribution is -2.32. The number of nitrogens with one attached hydrogen (secondary N) is 1. The van der Waals surface area contributed by atoms with Gasteiger partial charge in [-0.25, -0.2) is 13.1 Å². The molecule has 96 valence electrons. The van der Waals surface area contributed by atoms with E-state index in [1.165, 1.54) is 11.3 Å². The number of aliphatic imine (C=N–C) groups is 1. The number of thiophene rings is 1. The first-order chi connectivity index (χ1) is 7.93. The average molecular weight is 276 g/mol. The standard InChI is InChI=1S/C9H16N4O2S2/c1-13(2)9(10)11-5-6-12-17(14,15)8-4-3-7-16-8/h3-4,7,12H,5-6H2,1-2H3,(H2,10,11). The van der Waals surface area contributed by atoms with Gasteiger partial charge in [0.15, 0.2) is 5.96 Å². The number of nitrogens with two attached hydrogens (primary N) is 1. The van der Waals surface area contributed by atoms with Gasteiger partial charge in [0.05, 0.1) is 6.54 Å². The minimum Gasteiger partial charge on any atom is -0.370 e. The zero-order valence-electron chi connectivity index (χ0n) is 9.75. The van der Waals surface area contributed by atoms with Crippen LogP contribution in [-0.4, -0.2) is 46.5 Å². The Morgan fingerprint density at radius 2 is 2.29 bits per heavy atom. The number of hydrogen-bond donors (Lipinski definition) is 2. The molecule has 0 atom stereocenters. The van der Waals surface area contributed by atoms with E-state index in [1.54, 1.807) is 36.5 Å². The van der Waals surface area contributed by atoms with Crippen LogP contribution in [0.1, 0.15) is 0 Å². The molecule has 0 bridgehead atoms. The van der Waals surface area contributed by atoms with Gasteiger partial charge in [-0.15, -0.1) is 11.3 Å². The summed E-state index contributed by atoms with van der Waals surface area (Å²) in [5.74, 6) is 0.375. The summed E-state index contributed by atoms with van der Waals surface area (Å²) in [6, 6.07) is 3.26. The Morgan fingerprint density at radius 3 is 2.82 bits per heavy atom. The van der Waals surface area contributed by atoms with E-state index in [0.29, 0.717) is 16.7 Å². The van der Waals surface area contributed by atoms with Gasteiger partial charge in [0.1, 0.15) is 4.21 Å². The highest BCUT2D eigenvalue weighted by atomic mass is 32.2. The lowest BCUT2D eigenvalue weighted by molar-refractivity contribution is 0.582. The average Bonchev–Trinajstić information content (AvgIpc) is 2.77. The Morgan fingerprint density at radius 1 is 1.59 bits per heavy atom. The zero-order chi connectivity index (χ0) is 12.9. The SMILES string of the molecule is CN(C)C(N)=NCCNS(=O)(=O)c1cccs1. The zero-order valence-corrected chi connectivity index (χ0v) is 11.4. The van der Waals surface area contributed by atoms with Crippen LogP contribution in [0.5, 0.6) is 0 Å². The highest BCUT2D eigenvalue weighted by Crippen LogP contribution is 2.14. The monoisotopic (exact) mass is 276 g/mol. The minimum absolute atomic E-state index is 0.231. The lowest BCUT2D eigenvalue weighted by atomic mass is 10.7. The van der Waals surface area contributed by atoms with Crippen molar-refractivity contribution in [1.82, 2.24) is 9.62 Å². The van der Waals surface area contributed by atoms with Gasteiger partial charge in [-0.1, -0.05) is 6.07 Å². The predicted octanol–water partition coefficient (Wildman–Crippen LogP) is -0.0973. The van der Waals surface area contributed by atoms with Crippen molar-refractivity contribution < 1.29 is 8.42 Å². The van der Waals surface area contributed by atoms with Crippen LogP contribution in [0.25, 0.3) is 0 Å². The van der Waals surface area contributed by atoms with Crippen LogP contribution in [0.2, 0.25) is 0 Å². The topological polar surface area (TPSA) is 87.8 Å². The van der Waals surface area contributed by atoms with Crippen molar-refractivity contribution in [2.75, 3.05) is 27.2 Å². The third-order valence-electron chi connectivity index (χ3n) is 1.90. The summed E-state index contributed by atoms with van der Waals surface area (Å²) in [4.78, 5) is 5.67. The van der Waals surface area contributed by atoms with Crippen molar-refractivity contribution >= 4 is 27.3 Å². The molecule has 0 spiro atoms. The Bertz CT molecular complexity index is 465. The summed E-state index contributed by atoms with van der Waals surface area (Å²) >= 11 is 1.18. The van der Waals surface area contributed by atoms with E-state index in [1.807, 2.05) is 0 Å². The molecular formula is C9H16N4O2S2. The summed E-state index contributed by atoms with van der Waals surface area (Å²) in [6.07, 6.45) is 0. The van der Waals surface area contributed by atoms with E-state index in [-0.39, 0.29) is 6.54 Å². The molecule has 6 nitrogen and oxygen atoms in total. The summed E-state index contributed by atoms with van der Waals surface area (Å²) in [5, 5.41) is 1.72. The molecule has 1 aromatic rings. The van der Waals surface area contributed by atoms with Crippen molar-refractivity contribution in [2.24, 2.45) is 10.7 Å². The fourth-order valence-electron chi connectivity index (χ4n) is 0.979. The number of guanidine groups is 1. The third-order valence-corrected chi connectivity index (χ3v) is 4.75. The molecule has 0 fully saturated rings. The molecule has 0 unspecified atom stereocenters. The number of nitrogens with zero attached hydrogens (tertiary/aromatic N) is 2. The van der Waals surface area contributed by atoms with Gasteiger partial charge in [0.2, 0.25) is 10.0 Å². The van der Waals surface area contributed by atoms with Crippen molar-refractivity contribution in [1.29, 1.82) is 0 Å². The molecule has 0 radical (unpaired) electrons. The van der Waals surface area contributed by atoms with E-state index in [4.69, 9.17) is 5.73 Å². The molecule has 0 aliphatic heterocycles. The first-order valence-electron chi connectivity index (χ1n) is 4.94. The van der Waals surface area contributed by atoms with Crippen molar-refractivity contribution in [3.05, 3.63) is 17.5 Å². The van der Waals surface area contributed by atoms with Crippen LogP contribution >= 0.6 is 11.3 Å². The maximum absolute atomic E-state index is 11.7. The van der Waals surface area contributed by atoms with E-state index in [9.17, 15) is 8.42 Å². The van der Waals surface area contributed by atoms with Gasteiger partial charge < -0.3 is 10.6 Å². The lowest BCUT2D eigenvalue weighted by Gasteiger charge is -2.10. The summed E-state index contributed by atoms with van der Waals surface area (Å²) < 4.78 is 26.1. The molecule has 0 saturated carbocycles. The fourth-order valence-corrected chi connectivity index (χ4v) is 3.04. The smallest absolute Gasteiger partial charge is 0.250 e. The highest BCUT2D eigenvalue weighted by Gasteiger charge is 2.13. The number of rotatable bonds is 5. The maximum atomic E-state index is 11.7. The molecule has 1 rings (SSSR count). The highest BCUT2D eigenvalue weighted by molar-refractivity contribution is 7.91. The van der Waals surface area contributed by atoms with E-state index in [0.717, 1.165) is 0 Å². The van der Waals surface area contributed by atoms with Gasteiger partial charge in [-0.3, -0.25) is 4.99 Å². The largest absolute Gasteiger partial charge is 0.370 e. The molecule has 0 saturated heterocycles. The first-order valence-corrected chi connectivity index (χ1v) is 7.30.